The molecule has 0 aromatic rings. The molecule has 4 rings (SSSR count). The highest BCUT2D eigenvalue weighted by Crippen LogP contribution is 2.66. The summed E-state index contributed by atoms with van der Waals surface area (Å²) in [6.45, 7) is 14.4. The predicted molar refractivity (Wildman–Crippen MR) is 228 cm³/mol. The number of carbonyl (C=O) groups excluding carboxylic acids is 2. The third kappa shape index (κ3) is 12.4. The first-order chi connectivity index (χ1) is 25.7. The molecule has 11 nitrogen and oxygen atoms in total. The fraction of sp³-hybridized carbons (Fsp3) is 0.854. The van der Waals surface area contributed by atoms with Crippen molar-refractivity contribution in [2.75, 3.05) is 44.2 Å². The molecule has 3 fully saturated rings. The molecule has 13 heteroatoms. The van der Waals surface area contributed by atoms with E-state index in [0.29, 0.717) is 56.7 Å². The van der Waals surface area contributed by atoms with Gasteiger partial charge in [0, 0.05) is 56.6 Å². The summed E-state index contributed by atoms with van der Waals surface area (Å²) >= 11 is 0. The van der Waals surface area contributed by atoms with Crippen molar-refractivity contribution in [1.29, 1.82) is 0 Å². The first kappa shape index (κ1) is 44.4. The number of alkyl carbamates (subject to hydrolysis) is 1. The topological polar surface area (TPSA) is 187 Å². The number of nitrogens with zero attached hydrogens (tertiary/aromatic N) is 3. The highest BCUT2D eigenvalue weighted by atomic mass is 33.1. The van der Waals surface area contributed by atoms with Crippen LogP contribution in [0.3, 0.4) is 0 Å². The van der Waals surface area contributed by atoms with Gasteiger partial charge >= 0.3 is 6.09 Å². The van der Waals surface area contributed by atoms with E-state index in [1.807, 2.05) is 11.8 Å². The lowest BCUT2D eigenvalue weighted by Crippen LogP contribution is -2.50. The van der Waals surface area contributed by atoms with Crippen LogP contribution in [0.2, 0.25) is 0 Å². The lowest BCUT2D eigenvalue weighted by Gasteiger charge is -2.58. The smallest absolute Gasteiger partial charge is 0.407 e. The van der Waals surface area contributed by atoms with Crippen LogP contribution in [0.1, 0.15) is 125 Å². The largest absolute Gasteiger partial charge is 0.446 e. The van der Waals surface area contributed by atoms with Gasteiger partial charge in [0.25, 0.3) is 0 Å². The molecule has 0 bridgehead atoms. The molecule has 8 atom stereocenters. The molecule has 8 unspecified atom stereocenters. The SMILES string of the molecule is CC(C)CCCCC1CCC2C3CC=C4CC(OC(=O)NCCSSCC(C)C(=O)N(CCCN=C(N)N)CCCN=C(N)N)CCC4(C)C3CCC12C. The van der Waals surface area contributed by atoms with Gasteiger partial charge in [-0.1, -0.05) is 87.1 Å². The number of amides is 2. The average Bonchev–Trinajstić information content (AvgIpc) is 3.46. The highest BCUT2D eigenvalue weighted by molar-refractivity contribution is 8.76. The van der Waals surface area contributed by atoms with E-state index in [0.717, 1.165) is 54.6 Å². The molecule has 0 heterocycles. The fourth-order valence-corrected chi connectivity index (χ4v) is 12.8. The van der Waals surface area contributed by atoms with Gasteiger partial charge in [-0.2, -0.15) is 0 Å². The minimum atomic E-state index is -0.317. The Morgan fingerprint density at radius 3 is 2.30 bits per heavy atom. The maximum Gasteiger partial charge on any atom is 0.407 e. The van der Waals surface area contributed by atoms with Crippen molar-refractivity contribution in [3.05, 3.63) is 11.6 Å². The first-order valence-electron chi connectivity index (χ1n) is 21.0. The zero-order chi connectivity index (χ0) is 39.3. The number of fused-ring (bicyclic) bond motifs is 5. The summed E-state index contributed by atoms with van der Waals surface area (Å²) in [5.74, 6) is 5.62. The molecule has 0 saturated heterocycles. The fourth-order valence-electron chi connectivity index (χ4n) is 10.5. The molecule has 9 N–H and O–H groups in total. The van der Waals surface area contributed by atoms with Crippen molar-refractivity contribution in [3.63, 3.8) is 0 Å². The van der Waals surface area contributed by atoms with Crippen LogP contribution in [0.4, 0.5) is 4.79 Å². The summed E-state index contributed by atoms with van der Waals surface area (Å²) in [4.78, 5) is 36.0. The van der Waals surface area contributed by atoms with Gasteiger partial charge in [-0.15, -0.1) is 0 Å². The number of guanidine groups is 2. The number of nitrogens with two attached hydrogens (primary N) is 4. The molecule has 4 aliphatic carbocycles. The Hall–Kier alpha value is -2.28. The van der Waals surface area contributed by atoms with Crippen LogP contribution in [-0.2, 0) is 9.53 Å². The number of carbonyl (C=O) groups is 2. The van der Waals surface area contributed by atoms with E-state index >= 15 is 0 Å². The Labute approximate surface area is 334 Å². The van der Waals surface area contributed by atoms with E-state index in [-0.39, 0.29) is 41.4 Å². The lowest BCUT2D eigenvalue weighted by molar-refractivity contribution is -0.134. The molecule has 0 aromatic heterocycles. The van der Waals surface area contributed by atoms with Gasteiger partial charge in [0.1, 0.15) is 6.10 Å². The van der Waals surface area contributed by atoms with E-state index in [1.54, 1.807) is 27.2 Å². The van der Waals surface area contributed by atoms with Gasteiger partial charge in [-0.3, -0.25) is 14.8 Å². The van der Waals surface area contributed by atoms with Crippen molar-refractivity contribution in [3.8, 4) is 0 Å². The molecular formula is C41H74N8O3S2. The Bertz CT molecular complexity index is 1280. The normalized spacial score (nSPS) is 29.2. The number of rotatable bonds is 21. The van der Waals surface area contributed by atoms with Crippen LogP contribution in [0.25, 0.3) is 0 Å². The standard InChI is InChI=1S/C41H74N8O3S2/c1-28(2)10-6-7-11-30-13-15-34-33-14-12-31-26-32(16-18-41(31,5)35(33)17-19-40(30,34)4)52-39(51)48-22-25-53-54-27-29(3)36(50)49(23-8-20-46-37(42)43)24-9-21-47-38(44)45/h12,28-30,32-35H,6-11,13-27H2,1-5H3,(H,48,51)(H4,42,43,46)(H4,44,45,47). The number of aliphatic imine (C=N–C) groups is 2. The summed E-state index contributed by atoms with van der Waals surface area (Å²) in [5.41, 5.74) is 24.1. The number of ether oxygens (including phenoxy) is 1. The van der Waals surface area contributed by atoms with E-state index in [1.165, 1.54) is 57.8 Å². The number of hydrogen-bond acceptors (Lipinski definition) is 7. The Morgan fingerprint density at radius 1 is 0.926 bits per heavy atom. The minimum Gasteiger partial charge on any atom is -0.446 e. The average molecular weight is 791 g/mol. The maximum atomic E-state index is 13.3. The molecule has 0 aromatic carbocycles. The van der Waals surface area contributed by atoms with Crippen molar-refractivity contribution in [1.82, 2.24) is 10.2 Å². The van der Waals surface area contributed by atoms with E-state index in [2.05, 4.69) is 49.1 Å². The number of hydrogen-bond donors (Lipinski definition) is 5. The second-order valence-corrected chi connectivity index (χ2v) is 20.2. The quantitative estimate of drug-likeness (QED) is 0.0267. The second-order valence-electron chi connectivity index (χ2n) is 17.6. The summed E-state index contributed by atoms with van der Waals surface area (Å²) < 4.78 is 5.99. The van der Waals surface area contributed by atoms with Crippen LogP contribution in [0.15, 0.2) is 21.6 Å². The maximum absolute atomic E-state index is 13.3. The Balaban J connectivity index is 1.15. The molecule has 3 saturated carbocycles. The Kier molecular flexibility index (Phi) is 17.5. The van der Waals surface area contributed by atoms with Crippen LogP contribution in [0, 0.1) is 46.3 Å². The summed E-state index contributed by atoms with van der Waals surface area (Å²) in [5, 5.41) is 2.97. The van der Waals surface area contributed by atoms with Gasteiger partial charge in [-0.25, -0.2) is 4.79 Å². The monoisotopic (exact) mass is 791 g/mol. The molecule has 54 heavy (non-hydrogen) atoms. The van der Waals surface area contributed by atoms with Crippen molar-refractivity contribution in [2.45, 2.75) is 131 Å². The van der Waals surface area contributed by atoms with E-state index in [9.17, 15) is 9.59 Å². The van der Waals surface area contributed by atoms with Gasteiger partial charge in [0.05, 0.1) is 0 Å². The minimum absolute atomic E-state index is 0.0489. The Morgan fingerprint density at radius 2 is 1.63 bits per heavy atom. The van der Waals surface area contributed by atoms with Crippen molar-refractivity contribution < 1.29 is 14.3 Å². The van der Waals surface area contributed by atoms with Gasteiger partial charge in [-0.05, 0) is 105 Å². The lowest BCUT2D eigenvalue weighted by atomic mass is 9.47. The predicted octanol–water partition coefficient (Wildman–Crippen LogP) is 7.05. The third-order valence-electron chi connectivity index (χ3n) is 13.5. The van der Waals surface area contributed by atoms with Crippen LogP contribution in [-0.4, -0.2) is 79.2 Å². The molecule has 0 radical (unpaired) electrons. The molecular weight excluding hydrogens is 717 g/mol. The van der Waals surface area contributed by atoms with Gasteiger partial charge in [0.15, 0.2) is 11.9 Å². The second kappa shape index (κ2) is 21.3. The summed E-state index contributed by atoms with van der Waals surface area (Å²) in [6.07, 6.45) is 18.9. The van der Waals surface area contributed by atoms with Crippen LogP contribution in [0.5, 0.6) is 0 Å². The highest BCUT2D eigenvalue weighted by Gasteiger charge is 2.58. The molecule has 2 amide bonds. The van der Waals surface area contributed by atoms with Crippen molar-refractivity contribution in [2.24, 2.45) is 79.3 Å². The first-order valence-corrected chi connectivity index (χ1v) is 23.5. The van der Waals surface area contributed by atoms with Crippen molar-refractivity contribution >= 4 is 45.5 Å². The van der Waals surface area contributed by atoms with Gasteiger partial charge in [0.2, 0.25) is 5.91 Å². The summed E-state index contributed by atoms with van der Waals surface area (Å²) in [6, 6.07) is 0. The third-order valence-corrected chi connectivity index (χ3v) is 16.0. The van der Waals surface area contributed by atoms with Crippen LogP contribution < -0.4 is 28.3 Å². The number of allylic oxidation sites excluding steroid dienone is 1. The van der Waals surface area contributed by atoms with E-state index < -0.39 is 0 Å². The molecule has 4 aliphatic rings. The molecule has 0 spiro atoms. The number of nitrogens with one attached hydrogen (secondary N) is 1. The molecule has 308 valence electrons. The zero-order valence-corrected chi connectivity index (χ0v) is 35.8. The number of unbranched alkanes of at least 4 members (excludes halogenated alkanes) is 1. The van der Waals surface area contributed by atoms with Gasteiger partial charge < -0.3 is 37.9 Å². The molecule has 0 aliphatic heterocycles. The zero-order valence-electron chi connectivity index (χ0n) is 34.2. The van der Waals surface area contributed by atoms with E-state index in [4.69, 9.17) is 27.7 Å². The van der Waals surface area contributed by atoms with Crippen LogP contribution >= 0.6 is 21.6 Å². The summed E-state index contributed by atoms with van der Waals surface area (Å²) in [7, 11) is 3.31.